The van der Waals surface area contributed by atoms with Gasteiger partial charge in [-0.3, -0.25) is 4.79 Å². The average Bonchev–Trinajstić information content (AvgIpc) is 2.36. The van der Waals surface area contributed by atoms with Crippen molar-refractivity contribution in [3.05, 3.63) is 28.8 Å². The number of aliphatic carboxylic acids is 1. The number of hydrogen-bond acceptors (Lipinski definition) is 4. The number of carboxylic acid groups (broad SMARTS) is 1. The first-order valence-electron chi connectivity index (χ1n) is 5.46. The molecule has 0 aliphatic heterocycles. The van der Waals surface area contributed by atoms with E-state index in [4.69, 9.17) is 16.7 Å². The van der Waals surface area contributed by atoms with Gasteiger partial charge in [-0.15, -0.1) is 0 Å². The fourth-order valence-electron chi connectivity index (χ4n) is 1.42. The number of phenolic OH excluding ortho intramolecular Hbond substituents is 1. The summed E-state index contributed by atoms with van der Waals surface area (Å²) in [7, 11) is 0. The normalized spacial score (nSPS) is 11.9. The highest BCUT2D eigenvalue weighted by Crippen LogP contribution is 2.21. The minimum Gasteiger partial charge on any atom is -0.508 e. The number of carbonyl (C=O) groups is 2. The Morgan fingerprint density at radius 2 is 2.16 bits per heavy atom. The first-order chi connectivity index (χ1) is 8.95. The minimum atomic E-state index is -1.10. The number of hydrogen-bond donors (Lipinski definition) is 3. The van der Waals surface area contributed by atoms with E-state index in [1.54, 1.807) is 0 Å². The fourth-order valence-corrected chi connectivity index (χ4v) is 2.09. The van der Waals surface area contributed by atoms with Gasteiger partial charge in [0.25, 0.3) is 5.91 Å². The molecule has 1 aromatic rings. The summed E-state index contributed by atoms with van der Waals surface area (Å²) in [6.45, 7) is 0. The number of aromatic hydroxyl groups is 1. The Morgan fingerprint density at radius 3 is 2.74 bits per heavy atom. The molecule has 0 aromatic heterocycles. The lowest BCUT2D eigenvalue weighted by atomic mass is 10.1. The van der Waals surface area contributed by atoms with E-state index in [0.717, 1.165) is 0 Å². The Balaban J connectivity index is 2.81. The highest BCUT2D eigenvalue weighted by Gasteiger charge is 2.21. The van der Waals surface area contributed by atoms with Crippen LogP contribution in [0.15, 0.2) is 18.2 Å². The zero-order valence-electron chi connectivity index (χ0n) is 10.2. The van der Waals surface area contributed by atoms with Crippen LogP contribution in [0.4, 0.5) is 0 Å². The highest BCUT2D eigenvalue weighted by atomic mass is 35.5. The van der Waals surface area contributed by atoms with Crippen LogP contribution in [0.5, 0.6) is 5.75 Å². The second-order valence-corrected chi connectivity index (χ2v) is 5.20. The van der Waals surface area contributed by atoms with Crippen LogP contribution in [0.3, 0.4) is 0 Å². The molecule has 3 N–H and O–H groups in total. The largest absolute Gasteiger partial charge is 0.508 e. The lowest BCUT2D eigenvalue weighted by Crippen LogP contribution is -2.41. The number of benzene rings is 1. The van der Waals surface area contributed by atoms with Gasteiger partial charge in [0.05, 0.1) is 10.6 Å². The summed E-state index contributed by atoms with van der Waals surface area (Å²) in [6, 6.07) is 2.95. The first kappa shape index (κ1) is 15.7. The SMILES string of the molecule is CSCC[C@@H](NC(=O)c1cc(O)ccc1Cl)C(=O)O. The molecule has 1 rings (SSSR count). The smallest absolute Gasteiger partial charge is 0.326 e. The van der Waals surface area contributed by atoms with E-state index in [2.05, 4.69) is 5.32 Å². The molecule has 104 valence electrons. The summed E-state index contributed by atoms with van der Waals surface area (Å²) in [5.74, 6) is -1.20. The monoisotopic (exact) mass is 303 g/mol. The van der Waals surface area contributed by atoms with Crippen molar-refractivity contribution in [2.24, 2.45) is 0 Å². The molecule has 0 bridgehead atoms. The number of amides is 1. The fraction of sp³-hybridized carbons (Fsp3) is 0.333. The molecule has 0 radical (unpaired) electrons. The molecule has 0 saturated carbocycles. The van der Waals surface area contributed by atoms with Gasteiger partial charge >= 0.3 is 5.97 Å². The molecule has 5 nitrogen and oxygen atoms in total. The molecule has 0 aliphatic rings. The zero-order chi connectivity index (χ0) is 14.4. The molecule has 0 heterocycles. The third-order valence-electron chi connectivity index (χ3n) is 2.41. The van der Waals surface area contributed by atoms with Crippen LogP contribution >= 0.6 is 23.4 Å². The number of nitrogens with one attached hydrogen (secondary N) is 1. The molecule has 7 heteroatoms. The van der Waals surface area contributed by atoms with Crippen molar-refractivity contribution in [2.75, 3.05) is 12.0 Å². The Hall–Kier alpha value is -1.40. The maximum atomic E-state index is 11.9. The molecule has 0 aliphatic carbocycles. The molecule has 0 spiro atoms. The van der Waals surface area contributed by atoms with Crippen LogP contribution in [0.2, 0.25) is 5.02 Å². The maximum Gasteiger partial charge on any atom is 0.326 e. The highest BCUT2D eigenvalue weighted by molar-refractivity contribution is 7.98. The van der Waals surface area contributed by atoms with E-state index >= 15 is 0 Å². The second kappa shape index (κ2) is 7.25. The van der Waals surface area contributed by atoms with E-state index in [9.17, 15) is 14.7 Å². The molecule has 1 atom stereocenters. The van der Waals surface area contributed by atoms with Crippen LogP contribution in [0.1, 0.15) is 16.8 Å². The molecular weight excluding hydrogens is 290 g/mol. The third kappa shape index (κ3) is 4.65. The van der Waals surface area contributed by atoms with E-state index in [-0.39, 0.29) is 16.3 Å². The van der Waals surface area contributed by atoms with Gasteiger partial charge in [0.1, 0.15) is 11.8 Å². The summed E-state index contributed by atoms with van der Waals surface area (Å²) >= 11 is 7.33. The summed E-state index contributed by atoms with van der Waals surface area (Å²) in [5, 5.41) is 20.9. The van der Waals surface area contributed by atoms with Gasteiger partial charge < -0.3 is 15.5 Å². The van der Waals surface area contributed by atoms with Gasteiger partial charge in [0.15, 0.2) is 0 Å². The molecular formula is C12H14ClNO4S. The summed E-state index contributed by atoms with van der Waals surface area (Å²) < 4.78 is 0. The Kier molecular flexibility index (Phi) is 5.98. The molecule has 0 saturated heterocycles. The van der Waals surface area contributed by atoms with Gasteiger partial charge in [0, 0.05) is 0 Å². The quantitative estimate of drug-likeness (QED) is 0.748. The Labute approximate surface area is 120 Å². The number of carboxylic acids is 1. The number of halogens is 1. The predicted molar refractivity (Wildman–Crippen MR) is 75.0 cm³/mol. The summed E-state index contributed by atoms with van der Waals surface area (Å²) in [5.41, 5.74) is 0.0528. The van der Waals surface area contributed by atoms with Crippen molar-refractivity contribution < 1.29 is 19.8 Å². The van der Waals surface area contributed by atoms with E-state index < -0.39 is 17.9 Å². The van der Waals surface area contributed by atoms with Crippen LogP contribution in [0.25, 0.3) is 0 Å². The topological polar surface area (TPSA) is 86.6 Å². The van der Waals surface area contributed by atoms with Crippen molar-refractivity contribution in [3.63, 3.8) is 0 Å². The van der Waals surface area contributed by atoms with Gasteiger partial charge in [-0.25, -0.2) is 4.79 Å². The second-order valence-electron chi connectivity index (χ2n) is 3.81. The molecule has 1 aromatic carbocycles. The van der Waals surface area contributed by atoms with Crippen LogP contribution < -0.4 is 5.32 Å². The minimum absolute atomic E-state index is 0.0528. The lowest BCUT2D eigenvalue weighted by Gasteiger charge is -2.14. The van der Waals surface area contributed by atoms with Gasteiger partial charge in [-0.1, -0.05) is 11.6 Å². The van der Waals surface area contributed by atoms with Crippen molar-refractivity contribution in [2.45, 2.75) is 12.5 Å². The van der Waals surface area contributed by atoms with Gasteiger partial charge in [0.2, 0.25) is 0 Å². The molecule has 1 amide bonds. The third-order valence-corrected chi connectivity index (χ3v) is 3.38. The number of phenols is 1. The number of rotatable bonds is 6. The number of carbonyl (C=O) groups excluding carboxylic acids is 1. The Morgan fingerprint density at radius 1 is 1.47 bits per heavy atom. The van der Waals surface area contributed by atoms with Crippen molar-refractivity contribution in [3.8, 4) is 5.75 Å². The number of thioether (sulfide) groups is 1. The maximum absolute atomic E-state index is 11.9. The molecule has 19 heavy (non-hydrogen) atoms. The lowest BCUT2D eigenvalue weighted by molar-refractivity contribution is -0.139. The van der Waals surface area contributed by atoms with E-state index in [1.807, 2.05) is 6.26 Å². The van der Waals surface area contributed by atoms with Crippen LogP contribution in [-0.4, -0.2) is 40.1 Å². The van der Waals surface area contributed by atoms with E-state index in [1.165, 1.54) is 30.0 Å². The predicted octanol–water partition coefficient (Wildman–Crippen LogP) is 1.98. The van der Waals surface area contributed by atoms with E-state index in [0.29, 0.717) is 12.2 Å². The summed E-state index contributed by atoms with van der Waals surface area (Å²) in [6.07, 6.45) is 2.17. The average molecular weight is 304 g/mol. The van der Waals surface area contributed by atoms with Crippen molar-refractivity contribution >= 4 is 35.2 Å². The summed E-state index contributed by atoms with van der Waals surface area (Å²) in [4.78, 5) is 22.9. The van der Waals surface area contributed by atoms with Crippen LogP contribution in [0, 0.1) is 0 Å². The molecule has 0 unspecified atom stereocenters. The first-order valence-corrected chi connectivity index (χ1v) is 7.24. The Bertz CT molecular complexity index is 481. The van der Waals surface area contributed by atoms with Crippen LogP contribution in [-0.2, 0) is 4.79 Å². The van der Waals surface area contributed by atoms with Crippen molar-refractivity contribution in [1.29, 1.82) is 0 Å². The van der Waals surface area contributed by atoms with Crippen molar-refractivity contribution in [1.82, 2.24) is 5.32 Å². The zero-order valence-corrected chi connectivity index (χ0v) is 11.8. The molecule has 0 fully saturated rings. The van der Waals surface area contributed by atoms with Gasteiger partial charge in [-0.2, -0.15) is 11.8 Å². The van der Waals surface area contributed by atoms with Gasteiger partial charge in [-0.05, 0) is 36.6 Å². The standard InChI is InChI=1S/C12H14ClNO4S/c1-19-5-4-10(12(17)18)14-11(16)8-6-7(15)2-3-9(8)13/h2-3,6,10,15H,4-5H2,1H3,(H,14,16)(H,17,18)/t10-/m1/s1.